The summed E-state index contributed by atoms with van der Waals surface area (Å²) in [5.74, 6) is 0.538. The zero-order chi connectivity index (χ0) is 14.4. The average molecular weight is 316 g/mol. The second-order valence-electron chi connectivity index (χ2n) is 5.79. The maximum Gasteiger partial charge on any atom is 0.0928 e. The predicted molar refractivity (Wildman–Crippen MR) is 87.8 cm³/mol. The second-order valence-corrected chi connectivity index (χ2v) is 7.00. The lowest BCUT2D eigenvalue weighted by atomic mass is 10.2. The Labute approximate surface area is 131 Å². The van der Waals surface area contributed by atoms with Crippen molar-refractivity contribution in [3.05, 3.63) is 16.1 Å². The minimum Gasteiger partial charge on any atom is -0.301 e. The van der Waals surface area contributed by atoms with Crippen LogP contribution in [-0.2, 0) is 12.3 Å². The summed E-state index contributed by atoms with van der Waals surface area (Å²) < 4.78 is 0. The third-order valence-corrected chi connectivity index (χ3v) is 5.22. The molecule has 0 amide bonds. The van der Waals surface area contributed by atoms with E-state index in [0.717, 1.165) is 12.1 Å². The second kappa shape index (κ2) is 8.32. The van der Waals surface area contributed by atoms with Gasteiger partial charge in [0.2, 0.25) is 0 Å². The monoisotopic (exact) mass is 315 g/mol. The van der Waals surface area contributed by atoms with Gasteiger partial charge in [0.25, 0.3) is 0 Å². The minimum atomic E-state index is 0.538. The molecule has 0 atom stereocenters. The number of aryl methyl sites for hydroxylation is 1. The molecule has 1 aliphatic heterocycles. The van der Waals surface area contributed by atoms with Crippen molar-refractivity contribution in [3.8, 4) is 0 Å². The number of thiazole rings is 1. The van der Waals surface area contributed by atoms with Crippen LogP contribution in [0.2, 0.25) is 0 Å². The highest BCUT2D eigenvalue weighted by molar-refractivity contribution is 7.09. The Hall–Kier alpha value is -0.160. The molecular formula is C15H26ClN3S. The molecule has 1 saturated heterocycles. The Morgan fingerprint density at radius 3 is 2.60 bits per heavy atom. The van der Waals surface area contributed by atoms with E-state index in [1.54, 1.807) is 11.3 Å². The maximum absolute atomic E-state index is 5.77. The van der Waals surface area contributed by atoms with Crippen molar-refractivity contribution in [2.75, 3.05) is 32.7 Å². The van der Waals surface area contributed by atoms with Crippen molar-refractivity contribution >= 4 is 22.9 Å². The Balaban J connectivity index is 1.57. The van der Waals surface area contributed by atoms with E-state index in [4.69, 9.17) is 11.6 Å². The van der Waals surface area contributed by atoms with Crippen molar-refractivity contribution in [3.63, 3.8) is 0 Å². The van der Waals surface area contributed by atoms with Gasteiger partial charge in [0, 0.05) is 37.6 Å². The number of piperazine rings is 1. The van der Waals surface area contributed by atoms with Gasteiger partial charge in [0.15, 0.2) is 0 Å². The van der Waals surface area contributed by atoms with E-state index < -0.39 is 0 Å². The largest absolute Gasteiger partial charge is 0.301 e. The van der Waals surface area contributed by atoms with E-state index in [2.05, 4.69) is 34.0 Å². The highest BCUT2D eigenvalue weighted by atomic mass is 35.5. The fourth-order valence-electron chi connectivity index (χ4n) is 2.64. The van der Waals surface area contributed by atoms with Gasteiger partial charge in [-0.25, -0.2) is 4.98 Å². The van der Waals surface area contributed by atoms with Crippen LogP contribution in [0.3, 0.4) is 0 Å². The number of rotatable bonds is 7. The molecule has 0 aliphatic carbocycles. The number of halogens is 1. The topological polar surface area (TPSA) is 19.4 Å². The molecular weight excluding hydrogens is 290 g/mol. The molecule has 1 aliphatic rings. The Morgan fingerprint density at radius 1 is 1.25 bits per heavy atom. The van der Waals surface area contributed by atoms with E-state index in [9.17, 15) is 0 Å². The SMILES string of the molecule is CC(C)N1CCN(CCCCc2nc(CCl)cs2)CC1. The molecule has 0 N–H and O–H groups in total. The first-order chi connectivity index (χ1) is 9.69. The molecule has 0 unspecified atom stereocenters. The molecule has 1 aromatic rings. The Morgan fingerprint density at radius 2 is 2.00 bits per heavy atom. The highest BCUT2D eigenvalue weighted by Gasteiger charge is 2.17. The highest BCUT2D eigenvalue weighted by Crippen LogP contribution is 2.14. The molecule has 2 rings (SSSR count). The molecule has 2 heterocycles. The van der Waals surface area contributed by atoms with Crippen LogP contribution in [0.15, 0.2) is 5.38 Å². The van der Waals surface area contributed by atoms with E-state index in [1.807, 2.05) is 0 Å². The van der Waals surface area contributed by atoms with E-state index in [-0.39, 0.29) is 0 Å². The number of unbranched alkanes of at least 4 members (excludes halogenated alkanes) is 1. The fourth-order valence-corrected chi connectivity index (χ4v) is 3.71. The zero-order valence-electron chi connectivity index (χ0n) is 12.6. The summed E-state index contributed by atoms with van der Waals surface area (Å²) in [6.07, 6.45) is 3.62. The van der Waals surface area contributed by atoms with E-state index >= 15 is 0 Å². The summed E-state index contributed by atoms with van der Waals surface area (Å²) in [5, 5.41) is 3.32. The number of hydrogen-bond donors (Lipinski definition) is 0. The summed E-state index contributed by atoms with van der Waals surface area (Å²) >= 11 is 7.52. The van der Waals surface area contributed by atoms with Gasteiger partial charge >= 0.3 is 0 Å². The molecule has 0 saturated carbocycles. The van der Waals surface area contributed by atoms with Crippen molar-refractivity contribution in [2.45, 2.75) is 45.0 Å². The average Bonchev–Trinajstić information content (AvgIpc) is 2.92. The van der Waals surface area contributed by atoms with Crippen LogP contribution in [0.1, 0.15) is 37.4 Å². The minimum absolute atomic E-state index is 0.538. The molecule has 0 bridgehead atoms. The van der Waals surface area contributed by atoms with Gasteiger partial charge in [0.05, 0.1) is 16.6 Å². The van der Waals surface area contributed by atoms with Crippen LogP contribution in [0.25, 0.3) is 0 Å². The first-order valence-electron chi connectivity index (χ1n) is 7.64. The molecule has 3 nitrogen and oxygen atoms in total. The number of aromatic nitrogens is 1. The number of alkyl halides is 1. The third-order valence-electron chi connectivity index (χ3n) is 3.99. The van der Waals surface area contributed by atoms with Crippen LogP contribution >= 0.6 is 22.9 Å². The Bertz CT molecular complexity index is 386. The molecule has 0 radical (unpaired) electrons. The smallest absolute Gasteiger partial charge is 0.0928 e. The standard InChI is InChI=1S/C15H26ClN3S/c1-13(2)19-9-7-18(8-10-19)6-4-3-5-15-17-14(11-16)12-20-15/h12-13H,3-11H2,1-2H3. The van der Waals surface area contributed by atoms with Crippen LogP contribution in [0, 0.1) is 0 Å². The number of hydrogen-bond acceptors (Lipinski definition) is 4. The lowest BCUT2D eigenvalue weighted by Gasteiger charge is -2.36. The summed E-state index contributed by atoms with van der Waals surface area (Å²) in [6, 6.07) is 0.693. The zero-order valence-corrected chi connectivity index (χ0v) is 14.2. The van der Waals surface area contributed by atoms with Crippen molar-refractivity contribution in [1.29, 1.82) is 0 Å². The maximum atomic E-state index is 5.77. The Kier molecular flexibility index (Phi) is 6.75. The van der Waals surface area contributed by atoms with Crippen LogP contribution in [-0.4, -0.2) is 53.5 Å². The molecule has 1 fully saturated rings. The number of nitrogens with zero attached hydrogens (tertiary/aromatic N) is 3. The quantitative estimate of drug-likeness (QED) is 0.569. The summed E-state index contributed by atoms with van der Waals surface area (Å²) in [4.78, 5) is 9.68. The summed E-state index contributed by atoms with van der Waals surface area (Å²) in [5.41, 5.74) is 1.02. The lowest BCUT2D eigenvalue weighted by Crippen LogP contribution is -2.48. The summed E-state index contributed by atoms with van der Waals surface area (Å²) in [6.45, 7) is 10.7. The van der Waals surface area contributed by atoms with E-state index in [1.165, 1.54) is 50.6 Å². The summed E-state index contributed by atoms with van der Waals surface area (Å²) in [7, 11) is 0. The first kappa shape index (κ1) is 16.2. The first-order valence-corrected chi connectivity index (χ1v) is 9.06. The van der Waals surface area contributed by atoms with Gasteiger partial charge in [-0.05, 0) is 39.7 Å². The van der Waals surface area contributed by atoms with Crippen molar-refractivity contribution in [2.24, 2.45) is 0 Å². The molecule has 20 heavy (non-hydrogen) atoms. The predicted octanol–water partition coefficient (Wildman–Crippen LogP) is 3.23. The molecule has 0 aromatic carbocycles. The molecule has 5 heteroatoms. The van der Waals surface area contributed by atoms with Crippen molar-refractivity contribution < 1.29 is 0 Å². The van der Waals surface area contributed by atoms with Gasteiger partial charge < -0.3 is 4.90 Å². The molecule has 114 valence electrons. The van der Waals surface area contributed by atoms with Crippen LogP contribution in [0.5, 0.6) is 0 Å². The van der Waals surface area contributed by atoms with Gasteiger partial charge in [-0.15, -0.1) is 22.9 Å². The normalized spacial score (nSPS) is 18.0. The van der Waals surface area contributed by atoms with Gasteiger partial charge in [-0.1, -0.05) is 0 Å². The molecule has 0 spiro atoms. The van der Waals surface area contributed by atoms with Crippen LogP contribution < -0.4 is 0 Å². The van der Waals surface area contributed by atoms with Gasteiger partial charge in [-0.2, -0.15) is 0 Å². The van der Waals surface area contributed by atoms with Crippen molar-refractivity contribution in [1.82, 2.24) is 14.8 Å². The molecule has 1 aromatic heterocycles. The van der Waals surface area contributed by atoms with Gasteiger partial charge in [0.1, 0.15) is 0 Å². The lowest BCUT2D eigenvalue weighted by molar-refractivity contribution is 0.107. The van der Waals surface area contributed by atoms with Gasteiger partial charge in [-0.3, -0.25) is 4.90 Å². The fraction of sp³-hybridized carbons (Fsp3) is 0.800. The van der Waals surface area contributed by atoms with Crippen LogP contribution in [0.4, 0.5) is 0 Å². The third kappa shape index (κ3) is 4.99. The van der Waals surface area contributed by atoms with E-state index in [0.29, 0.717) is 11.9 Å².